The lowest BCUT2D eigenvalue weighted by Gasteiger charge is -2.28. The van der Waals surface area contributed by atoms with E-state index in [-0.39, 0.29) is 46.9 Å². The number of alkyl halides is 3. The number of nitrogens with zero attached hydrogens (tertiary/aromatic N) is 3. The highest BCUT2D eigenvalue weighted by molar-refractivity contribution is 5.92. The maximum absolute atomic E-state index is 15.6. The van der Waals surface area contributed by atoms with Crippen molar-refractivity contribution in [3.8, 4) is 17.1 Å². The minimum absolute atomic E-state index is 0.0288. The predicted octanol–water partition coefficient (Wildman–Crippen LogP) is 8.00. The number of hydrogen-bond donors (Lipinski definition) is 1. The number of aromatic carboxylic acids is 1. The van der Waals surface area contributed by atoms with E-state index in [1.165, 1.54) is 24.3 Å². The van der Waals surface area contributed by atoms with Gasteiger partial charge >= 0.3 is 12.1 Å². The SMILES string of the molecule is CC1(C)COCC1n1c(Cc2cc(F)c(-c3ccc(F)c(OCc4ccc(C(F)(F)F)cc4)n3)cc2F)nc2ccc(C(=O)O)cc21. The second kappa shape index (κ2) is 12.0. The zero-order chi connectivity index (χ0) is 33.7. The fourth-order valence-electron chi connectivity index (χ4n) is 5.63. The molecular weight excluding hydrogens is 628 g/mol. The Kier molecular flexibility index (Phi) is 8.20. The standard InChI is InChI=1S/C34H27F6N3O4/c1-33(2)17-46-16-29(33)43-28-12-19(32(44)45)5-9-27(28)41-30(43)13-20-11-25(37)22(14-24(20)36)26-10-8-23(35)31(42-26)47-15-18-3-6-21(7-4-18)34(38,39)40/h3-12,14,29H,13,15-17H2,1-2H3,(H,44,45). The van der Waals surface area contributed by atoms with Gasteiger partial charge in [0.2, 0.25) is 0 Å². The van der Waals surface area contributed by atoms with Crippen molar-refractivity contribution in [2.24, 2.45) is 5.41 Å². The van der Waals surface area contributed by atoms with E-state index in [9.17, 15) is 27.5 Å². The Morgan fingerprint density at radius 3 is 2.38 bits per heavy atom. The smallest absolute Gasteiger partial charge is 0.416 e. The topological polar surface area (TPSA) is 86.5 Å². The summed E-state index contributed by atoms with van der Waals surface area (Å²) in [6.45, 7) is 4.42. The van der Waals surface area contributed by atoms with Gasteiger partial charge in [0, 0.05) is 17.4 Å². The first-order chi connectivity index (χ1) is 22.2. The van der Waals surface area contributed by atoms with E-state index in [4.69, 9.17) is 9.47 Å². The van der Waals surface area contributed by atoms with Gasteiger partial charge in [-0.25, -0.2) is 27.9 Å². The number of imidazole rings is 1. The fraction of sp³-hybridized carbons (Fsp3) is 0.265. The van der Waals surface area contributed by atoms with Crippen LogP contribution in [0, 0.1) is 22.9 Å². The van der Waals surface area contributed by atoms with Crippen molar-refractivity contribution < 1.29 is 45.7 Å². The average molecular weight is 656 g/mol. The largest absolute Gasteiger partial charge is 0.478 e. The highest BCUT2D eigenvalue weighted by atomic mass is 19.4. The highest BCUT2D eigenvalue weighted by Crippen LogP contribution is 2.41. The summed E-state index contributed by atoms with van der Waals surface area (Å²) in [5.41, 5.74) is -0.263. The first-order valence-corrected chi connectivity index (χ1v) is 14.5. The van der Waals surface area contributed by atoms with Crippen molar-refractivity contribution >= 4 is 17.0 Å². The minimum atomic E-state index is -4.51. The van der Waals surface area contributed by atoms with Gasteiger partial charge in [0.15, 0.2) is 5.82 Å². The van der Waals surface area contributed by atoms with Crippen LogP contribution in [-0.2, 0) is 23.9 Å². The molecule has 13 heteroatoms. The van der Waals surface area contributed by atoms with Crippen LogP contribution in [0.5, 0.6) is 5.88 Å². The third-order valence-corrected chi connectivity index (χ3v) is 8.20. The zero-order valence-corrected chi connectivity index (χ0v) is 25.0. The monoisotopic (exact) mass is 655 g/mol. The molecule has 6 rings (SSSR count). The molecule has 47 heavy (non-hydrogen) atoms. The Balaban J connectivity index is 1.29. The molecule has 2 aromatic heterocycles. The molecular formula is C34H27F6N3O4. The average Bonchev–Trinajstić information content (AvgIpc) is 3.55. The van der Waals surface area contributed by atoms with E-state index >= 15 is 8.78 Å². The molecule has 1 aliphatic rings. The fourth-order valence-corrected chi connectivity index (χ4v) is 5.63. The Hall–Kier alpha value is -4.91. The van der Waals surface area contributed by atoms with Crippen LogP contribution >= 0.6 is 0 Å². The van der Waals surface area contributed by atoms with Crippen molar-refractivity contribution in [1.29, 1.82) is 0 Å². The molecule has 7 nitrogen and oxygen atoms in total. The third-order valence-electron chi connectivity index (χ3n) is 8.20. The van der Waals surface area contributed by atoms with Gasteiger partial charge in [0.05, 0.1) is 47.1 Å². The van der Waals surface area contributed by atoms with Gasteiger partial charge in [-0.1, -0.05) is 26.0 Å². The van der Waals surface area contributed by atoms with Gasteiger partial charge in [-0.2, -0.15) is 13.2 Å². The number of carbonyl (C=O) groups is 1. The maximum Gasteiger partial charge on any atom is 0.416 e. The number of hydrogen-bond acceptors (Lipinski definition) is 5. The molecule has 0 saturated carbocycles. The molecule has 0 spiro atoms. The van der Waals surface area contributed by atoms with Crippen LogP contribution in [0.1, 0.15) is 52.8 Å². The number of pyridine rings is 1. The summed E-state index contributed by atoms with van der Waals surface area (Å²) in [5.74, 6) is -3.81. The molecule has 3 heterocycles. The summed E-state index contributed by atoms with van der Waals surface area (Å²) < 4.78 is 97.2. The lowest BCUT2D eigenvalue weighted by atomic mass is 9.87. The molecule has 3 aromatic carbocycles. The van der Waals surface area contributed by atoms with E-state index < -0.39 is 41.0 Å². The molecule has 1 atom stereocenters. The van der Waals surface area contributed by atoms with Gasteiger partial charge in [0.1, 0.15) is 24.1 Å². The van der Waals surface area contributed by atoms with E-state index in [0.717, 1.165) is 36.4 Å². The summed E-state index contributed by atoms with van der Waals surface area (Å²) in [7, 11) is 0. The second-order valence-corrected chi connectivity index (χ2v) is 12.0. The van der Waals surface area contributed by atoms with Gasteiger partial charge in [-0.05, 0) is 65.7 Å². The molecule has 0 amide bonds. The van der Waals surface area contributed by atoms with Crippen molar-refractivity contribution in [2.45, 2.75) is 39.1 Å². The lowest BCUT2D eigenvalue weighted by molar-refractivity contribution is -0.137. The van der Waals surface area contributed by atoms with E-state index in [2.05, 4.69) is 9.97 Å². The lowest BCUT2D eigenvalue weighted by Crippen LogP contribution is -2.27. The van der Waals surface area contributed by atoms with E-state index in [0.29, 0.717) is 35.6 Å². The minimum Gasteiger partial charge on any atom is -0.478 e. The molecule has 0 bridgehead atoms. The summed E-state index contributed by atoms with van der Waals surface area (Å²) >= 11 is 0. The van der Waals surface area contributed by atoms with Crippen LogP contribution < -0.4 is 4.74 Å². The van der Waals surface area contributed by atoms with Gasteiger partial charge in [-0.3, -0.25) is 0 Å². The number of ether oxygens (including phenoxy) is 2. The molecule has 1 saturated heterocycles. The van der Waals surface area contributed by atoms with Crippen LogP contribution in [0.4, 0.5) is 26.3 Å². The van der Waals surface area contributed by atoms with Crippen LogP contribution in [0.2, 0.25) is 0 Å². The molecule has 1 aliphatic heterocycles. The second-order valence-electron chi connectivity index (χ2n) is 12.0. The Bertz CT molecular complexity index is 1990. The van der Waals surface area contributed by atoms with Crippen molar-refractivity contribution in [1.82, 2.24) is 14.5 Å². The summed E-state index contributed by atoms with van der Waals surface area (Å²) in [4.78, 5) is 20.4. The van der Waals surface area contributed by atoms with Crippen molar-refractivity contribution in [3.05, 3.63) is 112 Å². The Morgan fingerprint density at radius 1 is 0.979 bits per heavy atom. The van der Waals surface area contributed by atoms with Crippen molar-refractivity contribution in [2.75, 3.05) is 13.2 Å². The van der Waals surface area contributed by atoms with Crippen LogP contribution in [0.15, 0.2) is 66.7 Å². The number of fused-ring (bicyclic) bond motifs is 1. The summed E-state index contributed by atoms with van der Waals surface area (Å²) in [6.07, 6.45) is -4.65. The molecule has 1 N–H and O–H groups in total. The van der Waals surface area contributed by atoms with E-state index in [1.807, 2.05) is 18.4 Å². The van der Waals surface area contributed by atoms with E-state index in [1.54, 1.807) is 6.07 Å². The number of carboxylic acid groups (broad SMARTS) is 1. The molecule has 0 aliphatic carbocycles. The zero-order valence-electron chi connectivity index (χ0n) is 25.0. The molecule has 0 radical (unpaired) electrons. The first-order valence-electron chi connectivity index (χ1n) is 14.5. The number of rotatable bonds is 8. The maximum atomic E-state index is 15.6. The molecule has 5 aromatic rings. The van der Waals surface area contributed by atoms with Crippen LogP contribution in [0.25, 0.3) is 22.3 Å². The summed E-state index contributed by atoms with van der Waals surface area (Å²) in [6, 6.07) is 12.4. The number of halogens is 6. The number of aromatic nitrogens is 3. The van der Waals surface area contributed by atoms with Gasteiger partial charge in [0.25, 0.3) is 5.88 Å². The van der Waals surface area contributed by atoms with Gasteiger partial charge < -0.3 is 19.1 Å². The Morgan fingerprint density at radius 2 is 1.72 bits per heavy atom. The quantitative estimate of drug-likeness (QED) is 0.171. The summed E-state index contributed by atoms with van der Waals surface area (Å²) in [5, 5.41) is 9.57. The third kappa shape index (κ3) is 6.39. The normalized spacial score (nSPS) is 16.1. The van der Waals surface area contributed by atoms with Crippen molar-refractivity contribution in [3.63, 3.8) is 0 Å². The highest BCUT2D eigenvalue weighted by Gasteiger charge is 2.39. The molecule has 244 valence electrons. The predicted molar refractivity (Wildman–Crippen MR) is 158 cm³/mol. The molecule has 1 unspecified atom stereocenters. The molecule has 1 fully saturated rings. The first kappa shape index (κ1) is 32.0. The van der Waals surface area contributed by atoms with Crippen LogP contribution in [0.3, 0.4) is 0 Å². The number of carboxylic acids is 1. The Labute approximate surface area is 264 Å². The van der Waals surface area contributed by atoms with Crippen LogP contribution in [-0.4, -0.2) is 38.8 Å². The number of benzene rings is 3. The van der Waals surface area contributed by atoms with Gasteiger partial charge in [-0.15, -0.1) is 0 Å².